The van der Waals surface area contributed by atoms with Gasteiger partial charge in [-0.2, -0.15) is 0 Å². The maximum absolute atomic E-state index is 14.1. The second kappa shape index (κ2) is 13.2. The van der Waals surface area contributed by atoms with Crippen LogP contribution in [0.5, 0.6) is 11.5 Å². The third kappa shape index (κ3) is 6.59. The number of carbonyl (C=O) groups excluding carboxylic acids is 1. The van der Waals surface area contributed by atoms with Crippen molar-refractivity contribution in [1.82, 2.24) is 4.57 Å². The summed E-state index contributed by atoms with van der Waals surface area (Å²) in [7, 11) is 1.58. The van der Waals surface area contributed by atoms with Gasteiger partial charge in [-0.3, -0.25) is 14.2 Å². The van der Waals surface area contributed by atoms with E-state index in [1.54, 1.807) is 30.7 Å². The van der Waals surface area contributed by atoms with E-state index < -0.39 is 6.04 Å². The van der Waals surface area contributed by atoms with Crippen molar-refractivity contribution in [2.24, 2.45) is 4.99 Å². The zero-order chi connectivity index (χ0) is 31.5. The van der Waals surface area contributed by atoms with E-state index in [0.29, 0.717) is 54.4 Å². The van der Waals surface area contributed by atoms with Gasteiger partial charge in [-0.1, -0.05) is 83.1 Å². The third-order valence-electron chi connectivity index (χ3n) is 7.25. The molecule has 6 rings (SSSR count). The number of allylic oxidation sites excluding steroid dienone is 1. The van der Waals surface area contributed by atoms with Crippen LogP contribution in [-0.2, 0) is 11.4 Å². The molecule has 0 fully saturated rings. The van der Waals surface area contributed by atoms with Crippen molar-refractivity contribution in [3.8, 4) is 11.5 Å². The van der Waals surface area contributed by atoms with Crippen LogP contribution in [0.4, 0.5) is 5.69 Å². The Morgan fingerprint density at radius 2 is 1.73 bits per heavy atom. The number of aromatic nitrogens is 1. The zero-order valence-electron chi connectivity index (χ0n) is 24.3. The number of methoxy groups -OCH3 is 1. The van der Waals surface area contributed by atoms with Crippen molar-refractivity contribution >= 4 is 52.2 Å². The fourth-order valence-corrected chi connectivity index (χ4v) is 6.47. The Labute approximate surface area is 273 Å². The molecule has 1 amide bonds. The minimum Gasteiger partial charge on any atom is -0.497 e. The van der Waals surface area contributed by atoms with E-state index >= 15 is 0 Å². The highest BCUT2D eigenvalue weighted by molar-refractivity contribution is 7.07. The van der Waals surface area contributed by atoms with E-state index in [0.717, 1.165) is 16.7 Å². The number of ether oxygens (including phenoxy) is 2. The average molecular weight is 657 g/mol. The van der Waals surface area contributed by atoms with Crippen molar-refractivity contribution in [3.05, 3.63) is 155 Å². The molecule has 4 aromatic carbocycles. The van der Waals surface area contributed by atoms with Crippen LogP contribution in [0, 0.1) is 0 Å². The van der Waals surface area contributed by atoms with E-state index in [1.165, 1.54) is 11.3 Å². The Balaban J connectivity index is 1.38. The Morgan fingerprint density at radius 1 is 0.956 bits per heavy atom. The second-order valence-electron chi connectivity index (χ2n) is 10.3. The van der Waals surface area contributed by atoms with Gasteiger partial charge in [0, 0.05) is 5.69 Å². The largest absolute Gasteiger partial charge is 0.497 e. The van der Waals surface area contributed by atoms with E-state index in [2.05, 4.69) is 5.32 Å². The molecule has 1 atom stereocenters. The van der Waals surface area contributed by atoms with Gasteiger partial charge in [0.1, 0.15) is 18.1 Å². The molecule has 1 N–H and O–H groups in total. The van der Waals surface area contributed by atoms with E-state index in [-0.39, 0.29) is 11.5 Å². The summed E-state index contributed by atoms with van der Waals surface area (Å²) in [6.07, 6.45) is 1.81. The van der Waals surface area contributed by atoms with Gasteiger partial charge in [-0.25, -0.2) is 4.99 Å². The number of hydrogen-bond donors (Lipinski definition) is 1. The second-order valence-corrected chi connectivity index (χ2v) is 12.1. The lowest BCUT2D eigenvalue weighted by molar-refractivity contribution is -0.113. The molecule has 7 nitrogen and oxygen atoms in total. The lowest BCUT2D eigenvalue weighted by Crippen LogP contribution is -2.40. The molecule has 1 aliphatic rings. The zero-order valence-corrected chi connectivity index (χ0v) is 26.6. The van der Waals surface area contributed by atoms with Crippen molar-refractivity contribution in [2.45, 2.75) is 19.6 Å². The first-order valence-corrected chi connectivity index (χ1v) is 15.6. The van der Waals surface area contributed by atoms with Gasteiger partial charge in [-0.05, 0) is 78.2 Å². The molecule has 1 aromatic heterocycles. The van der Waals surface area contributed by atoms with Gasteiger partial charge in [-0.15, -0.1) is 0 Å². The van der Waals surface area contributed by atoms with Crippen molar-refractivity contribution in [1.29, 1.82) is 0 Å². The molecule has 0 radical (unpaired) electrons. The number of benzene rings is 4. The smallest absolute Gasteiger partial charge is 0.271 e. The van der Waals surface area contributed by atoms with Crippen LogP contribution in [0.1, 0.15) is 29.7 Å². The topological polar surface area (TPSA) is 81.9 Å². The minimum atomic E-state index is -0.719. The van der Waals surface area contributed by atoms with Gasteiger partial charge >= 0.3 is 0 Å². The standard InChI is InChI=1S/C35H27Cl2N3O4S/c1-21-31(33(41)39-25-10-4-3-5-11-25)32(24-9-7-12-26(19-24)43-2)40-34(42)30(45-35(40)38-21)18-22-8-6-13-27(16-22)44-20-23-14-15-28(36)29(37)17-23/h3-19,32H,20H2,1-2H3,(H,39,41)/b30-18+/t32-/m0/s1. The molecule has 0 spiro atoms. The molecular formula is C35H27Cl2N3O4S. The van der Waals surface area contributed by atoms with Gasteiger partial charge < -0.3 is 14.8 Å². The number of thiazole rings is 1. The van der Waals surface area contributed by atoms with E-state index in [1.807, 2.05) is 91.0 Å². The summed E-state index contributed by atoms with van der Waals surface area (Å²) in [5.74, 6) is 0.911. The lowest BCUT2D eigenvalue weighted by Gasteiger charge is -2.25. The van der Waals surface area contributed by atoms with Crippen molar-refractivity contribution in [3.63, 3.8) is 0 Å². The Hall–Kier alpha value is -4.63. The van der Waals surface area contributed by atoms with Crippen LogP contribution < -0.4 is 29.7 Å². The number of para-hydroxylation sites is 1. The Bertz CT molecular complexity index is 2120. The van der Waals surface area contributed by atoms with Crippen LogP contribution >= 0.6 is 34.5 Å². The monoisotopic (exact) mass is 655 g/mol. The van der Waals surface area contributed by atoms with E-state index in [4.69, 9.17) is 37.7 Å². The minimum absolute atomic E-state index is 0.258. The predicted molar refractivity (Wildman–Crippen MR) is 179 cm³/mol. The number of carbonyl (C=O) groups is 1. The van der Waals surface area contributed by atoms with Crippen molar-refractivity contribution in [2.75, 3.05) is 12.4 Å². The normalized spacial score (nSPS) is 14.5. The molecule has 1 aliphatic heterocycles. The lowest BCUT2D eigenvalue weighted by atomic mass is 9.95. The molecule has 0 saturated carbocycles. The van der Waals surface area contributed by atoms with Gasteiger partial charge in [0.15, 0.2) is 4.80 Å². The molecule has 0 unspecified atom stereocenters. The Morgan fingerprint density at radius 3 is 2.51 bits per heavy atom. The number of nitrogens with zero attached hydrogens (tertiary/aromatic N) is 2. The van der Waals surface area contributed by atoms with Gasteiger partial charge in [0.05, 0.1) is 39.0 Å². The molecule has 10 heteroatoms. The molecule has 5 aromatic rings. The van der Waals surface area contributed by atoms with Gasteiger partial charge in [0.25, 0.3) is 11.5 Å². The quantitative estimate of drug-likeness (QED) is 0.200. The molecule has 0 bridgehead atoms. The van der Waals surface area contributed by atoms with Crippen LogP contribution in [-0.4, -0.2) is 17.6 Å². The fraction of sp³-hybridized carbons (Fsp3) is 0.114. The molecule has 0 saturated heterocycles. The maximum atomic E-state index is 14.1. The SMILES string of the molecule is COc1cccc([C@H]2C(C(=O)Nc3ccccc3)=C(C)N=c3s/c(=C/c4cccc(OCc5ccc(Cl)c(Cl)c5)c4)c(=O)n32)c1. The highest BCUT2D eigenvalue weighted by Crippen LogP contribution is 2.32. The summed E-state index contributed by atoms with van der Waals surface area (Å²) in [6, 6.07) is 28.7. The first-order chi connectivity index (χ1) is 21.8. The first-order valence-electron chi connectivity index (χ1n) is 14.0. The summed E-state index contributed by atoms with van der Waals surface area (Å²) in [5.41, 5.74) is 3.68. The molecule has 2 heterocycles. The van der Waals surface area contributed by atoms with Crippen LogP contribution in [0.15, 0.2) is 118 Å². The summed E-state index contributed by atoms with van der Waals surface area (Å²) >= 11 is 13.4. The Kier molecular flexibility index (Phi) is 8.89. The van der Waals surface area contributed by atoms with Crippen molar-refractivity contribution < 1.29 is 14.3 Å². The number of halogens is 2. The van der Waals surface area contributed by atoms with E-state index in [9.17, 15) is 9.59 Å². The molecule has 45 heavy (non-hydrogen) atoms. The highest BCUT2D eigenvalue weighted by atomic mass is 35.5. The number of hydrogen-bond acceptors (Lipinski definition) is 6. The summed E-state index contributed by atoms with van der Waals surface area (Å²) in [4.78, 5) is 33.1. The van der Waals surface area contributed by atoms with Crippen LogP contribution in [0.25, 0.3) is 6.08 Å². The summed E-state index contributed by atoms with van der Waals surface area (Å²) < 4.78 is 13.5. The fourth-order valence-electron chi connectivity index (χ4n) is 5.10. The number of nitrogens with one attached hydrogen (secondary N) is 1. The summed E-state index contributed by atoms with van der Waals surface area (Å²) in [5, 5.41) is 3.91. The summed E-state index contributed by atoms with van der Waals surface area (Å²) in [6.45, 7) is 2.09. The average Bonchev–Trinajstić information content (AvgIpc) is 3.35. The number of rotatable bonds is 8. The molecular weight excluding hydrogens is 629 g/mol. The third-order valence-corrected chi connectivity index (χ3v) is 8.97. The number of fused-ring (bicyclic) bond motifs is 1. The molecule has 226 valence electrons. The number of amides is 1. The predicted octanol–water partition coefficient (Wildman–Crippen LogP) is 6.77. The van der Waals surface area contributed by atoms with Crippen LogP contribution in [0.3, 0.4) is 0 Å². The molecule has 0 aliphatic carbocycles. The first kappa shape index (κ1) is 30.4. The highest BCUT2D eigenvalue weighted by Gasteiger charge is 2.32. The van der Waals surface area contributed by atoms with Crippen LogP contribution in [0.2, 0.25) is 10.0 Å². The maximum Gasteiger partial charge on any atom is 0.271 e. The van der Waals surface area contributed by atoms with Gasteiger partial charge in [0.2, 0.25) is 0 Å². The number of anilines is 1.